The Bertz CT molecular complexity index is 776. The number of para-hydroxylation sites is 2. The minimum atomic E-state index is -0.0273. The second-order valence-electron chi connectivity index (χ2n) is 6.25. The van der Waals surface area contributed by atoms with Crippen molar-refractivity contribution in [3.8, 4) is 5.75 Å². The first-order valence-electron chi connectivity index (χ1n) is 8.60. The smallest absolute Gasteiger partial charge is 0.238 e. The molecule has 2 heterocycles. The number of carbonyl (C=O) groups excluding carboxylic acids is 1. The number of nitrogens with zero attached hydrogens (tertiary/aromatic N) is 3. The van der Waals surface area contributed by atoms with E-state index in [0.29, 0.717) is 18.0 Å². The van der Waals surface area contributed by atoms with Crippen LogP contribution in [0, 0.1) is 6.92 Å². The number of methoxy groups -OCH3 is 1. The highest BCUT2D eigenvalue weighted by Crippen LogP contribution is 2.23. The van der Waals surface area contributed by atoms with E-state index in [4.69, 9.17) is 4.74 Å². The second kappa shape index (κ2) is 8.51. The van der Waals surface area contributed by atoms with Gasteiger partial charge < -0.3 is 15.0 Å². The van der Waals surface area contributed by atoms with Crippen LogP contribution in [0.1, 0.15) is 5.69 Å². The van der Waals surface area contributed by atoms with Crippen LogP contribution in [0.15, 0.2) is 40.9 Å². The van der Waals surface area contributed by atoms with Gasteiger partial charge in [-0.1, -0.05) is 12.1 Å². The molecule has 0 radical (unpaired) electrons. The Morgan fingerprint density at radius 3 is 2.62 bits per heavy atom. The van der Waals surface area contributed by atoms with Crippen molar-refractivity contribution in [1.82, 2.24) is 9.88 Å². The van der Waals surface area contributed by atoms with E-state index in [2.05, 4.69) is 36.0 Å². The molecule has 2 aromatic rings. The van der Waals surface area contributed by atoms with Crippen LogP contribution in [0.25, 0.3) is 0 Å². The number of ether oxygens (including phenoxy) is 1. The summed E-state index contributed by atoms with van der Waals surface area (Å²) in [7, 11) is 1.60. The highest BCUT2D eigenvalue weighted by molar-refractivity contribution is 9.10. The molecule has 0 unspecified atom stereocenters. The SMILES string of the molecule is COc1ccccc1NC(=O)CN1CCN(c2ccc(Br)c(C)n2)CC1. The van der Waals surface area contributed by atoms with Gasteiger partial charge >= 0.3 is 0 Å². The lowest BCUT2D eigenvalue weighted by molar-refractivity contribution is -0.117. The van der Waals surface area contributed by atoms with E-state index in [-0.39, 0.29) is 5.91 Å². The molecule has 1 saturated heterocycles. The molecule has 7 heteroatoms. The number of aryl methyl sites for hydroxylation is 1. The summed E-state index contributed by atoms with van der Waals surface area (Å²) in [5.74, 6) is 1.63. The van der Waals surface area contributed by atoms with Gasteiger partial charge in [0.1, 0.15) is 11.6 Å². The summed E-state index contributed by atoms with van der Waals surface area (Å²) in [5.41, 5.74) is 1.69. The average Bonchev–Trinajstić information content (AvgIpc) is 2.65. The summed E-state index contributed by atoms with van der Waals surface area (Å²) >= 11 is 3.48. The summed E-state index contributed by atoms with van der Waals surface area (Å²) < 4.78 is 6.29. The lowest BCUT2D eigenvalue weighted by atomic mass is 10.2. The molecule has 0 aliphatic carbocycles. The van der Waals surface area contributed by atoms with E-state index in [9.17, 15) is 4.79 Å². The topological polar surface area (TPSA) is 57.7 Å². The van der Waals surface area contributed by atoms with Crippen LogP contribution in [0.2, 0.25) is 0 Å². The Morgan fingerprint density at radius 1 is 1.19 bits per heavy atom. The van der Waals surface area contributed by atoms with Gasteiger partial charge in [-0.05, 0) is 47.1 Å². The van der Waals surface area contributed by atoms with Crippen molar-refractivity contribution in [1.29, 1.82) is 0 Å². The van der Waals surface area contributed by atoms with Gasteiger partial charge in [0, 0.05) is 30.7 Å². The van der Waals surface area contributed by atoms with Crippen molar-refractivity contribution < 1.29 is 9.53 Å². The standard InChI is InChI=1S/C19H23BrN4O2/c1-14-15(20)7-8-18(21-14)24-11-9-23(10-12-24)13-19(25)22-16-5-3-4-6-17(16)26-2/h3-8H,9-13H2,1-2H3,(H,22,25). The molecule has 1 aromatic heterocycles. The van der Waals surface area contributed by atoms with Crippen molar-refractivity contribution in [3.05, 3.63) is 46.6 Å². The van der Waals surface area contributed by atoms with Crippen molar-refractivity contribution in [3.63, 3.8) is 0 Å². The predicted molar refractivity (Wildman–Crippen MR) is 107 cm³/mol. The molecule has 1 amide bonds. The van der Waals surface area contributed by atoms with Gasteiger partial charge in [0.15, 0.2) is 0 Å². The normalized spacial score (nSPS) is 15.0. The number of hydrogen-bond donors (Lipinski definition) is 1. The molecule has 1 N–H and O–H groups in total. The molecule has 1 fully saturated rings. The Kier molecular flexibility index (Phi) is 6.11. The Labute approximate surface area is 162 Å². The number of nitrogens with one attached hydrogen (secondary N) is 1. The summed E-state index contributed by atoms with van der Waals surface area (Å²) in [6, 6.07) is 11.5. The van der Waals surface area contributed by atoms with E-state index in [1.165, 1.54) is 0 Å². The number of rotatable bonds is 5. The number of carbonyl (C=O) groups is 1. The van der Waals surface area contributed by atoms with Crippen molar-refractivity contribution in [2.75, 3.05) is 50.1 Å². The Morgan fingerprint density at radius 2 is 1.92 bits per heavy atom. The maximum Gasteiger partial charge on any atom is 0.238 e. The predicted octanol–water partition coefficient (Wildman–Crippen LogP) is 2.92. The molecule has 6 nitrogen and oxygen atoms in total. The Hall–Kier alpha value is -2.12. The first-order valence-corrected chi connectivity index (χ1v) is 9.39. The second-order valence-corrected chi connectivity index (χ2v) is 7.10. The van der Waals surface area contributed by atoms with Crippen LogP contribution in [-0.4, -0.2) is 55.6 Å². The molecule has 0 spiro atoms. The van der Waals surface area contributed by atoms with Crippen LogP contribution >= 0.6 is 15.9 Å². The first-order chi connectivity index (χ1) is 12.6. The lowest BCUT2D eigenvalue weighted by Crippen LogP contribution is -2.49. The zero-order valence-electron chi connectivity index (χ0n) is 15.0. The number of benzene rings is 1. The quantitative estimate of drug-likeness (QED) is 0.808. The number of aromatic nitrogens is 1. The highest BCUT2D eigenvalue weighted by Gasteiger charge is 2.20. The van der Waals surface area contributed by atoms with Gasteiger partial charge in [-0.15, -0.1) is 0 Å². The summed E-state index contributed by atoms with van der Waals surface area (Å²) in [4.78, 5) is 21.4. The highest BCUT2D eigenvalue weighted by atomic mass is 79.9. The zero-order valence-corrected chi connectivity index (χ0v) is 16.6. The van der Waals surface area contributed by atoms with Crippen molar-refractivity contribution in [2.45, 2.75) is 6.92 Å². The van der Waals surface area contributed by atoms with Gasteiger partial charge in [-0.25, -0.2) is 4.98 Å². The largest absolute Gasteiger partial charge is 0.495 e. The first kappa shape index (κ1) is 18.7. The van der Waals surface area contributed by atoms with Crippen LogP contribution in [0.3, 0.4) is 0 Å². The van der Waals surface area contributed by atoms with E-state index in [1.54, 1.807) is 7.11 Å². The summed E-state index contributed by atoms with van der Waals surface area (Å²) in [5, 5.41) is 2.93. The van der Waals surface area contributed by atoms with Gasteiger partial charge in [-0.3, -0.25) is 9.69 Å². The molecule has 0 saturated carbocycles. The molecule has 138 valence electrons. The van der Waals surface area contributed by atoms with Crippen LogP contribution in [0.5, 0.6) is 5.75 Å². The molecule has 26 heavy (non-hydrogen) atoms. The van der Waals surface area contributed by atoms with Crippen LogP contribution in [0.4, 0.5) is 11.5 Å². The van der Waals surface area contributed by atoms with E-state index >= 15 is 0 Å². The van der Waals surface area contributed by atoms with Crippen LogP contribution in [-0.2, 0) is 4.79 Å². The number of hydrogen-bond acceptors (Lipinski definition) is 5. The third-order valence-electron chi connectivity index (χ3n) is 4.45. The maximum absolute atomic E-state index is 12.3. The molecular weight excluding hydrogens is 396 g/mol. The Balaban J connectivity index is 1.52. The van der Waals surface area contributed by atoms with Gasteiger partial charge in [0.2, 0.25) is 5.91 Å². The van der Waals surface area contributed by atoms with E-state index in [0.717, 1.165) is 42.2 Å². The van der Waals surface area contributed by atoms with Crippen LogP contribution < -0.4 is 15.0 Å². The third kappa shape index (κ3) is 4.53. The number of anilines is 2. The molecule has 3 rings (SSSR count). The molecular formula is C19H23BrN4O2. The molecule has 0 bridgehead atoms. The molecule has 1 aliphatic rings. The average molecular weight is 419 g/mol. The molecule has 1 aliphatic heterocycles. The number of amides is 1. The monoisotopic (exact) mass is 418 g/mol. The maximum atomic E-state index is 12.3. The van der Waals surface area contributed by atoms with E-state index < -0.39 is 0 Å². The lowest BCUT2D eigenvalue weighted by Gasteiger charge is -2.35. The van der Waals surface area contributed by atoms with Gasteiger partial charge in [0.05, 0.1) is 25.0 Å². The fourth-order valence-electron chi connectivity index (χ4n) is 2.98. The number of halogens is 1. The minimum absolute atomic E-state index is 0.0273. The zero-order chi connectivity index (χ0) is 18.5. The molecule has 0 atom stereocenters. The fraction of sp³-hybridized carbons (Fsp3) is 0.368. The van der Waals surface area contributed by atoms with Gasteiger partial charge in [-0.2, -0.15) is 0 Å². The van der Waals surface area contributed by atoms with Crippen molar-refractivity contribution >= 4 is 33.3 Å². The van der Waals surface area contributed by atoms with Gasteiger partial charge in [0.25, 0.3) is 0 Å². The van der Waals surface area contributed by atoms with Crippen molar-refractivity contribution in [2.24, 2.45) is 0 Å². The summed E-state index contributed by atoms with van der Waals surface area (Å²) in [6.07, 6.45) is 0. The fourth-order valence-corrected chi connectivity index (χ4v) is 3.20. The van der Waals surface area contributed by atoms with E-state index in [1.807, 2.05) is 43.3 Å². The molecule has 1 aromatic carbocycles. The third-order valence-corrected chi connectivity index (χ3v) is 5.29. The number of piperazine rings is 1. The minimum Gasteiger partial charge on any atom is -0.495 e. The summed E-state index contributed by atoms with van der Waals surface area (Å²) in [6.45, 7) is 5.74. The number of pyridine rings is 1.